The molecule has 3 aromatic rings. The zero-order valence-corrected chi connectivity index (χ0v) is 13.9. The van der Waals surface area contributed by atoms with Gasteiger partial charge in [-0.25, -0.2) is 9.82 Å². The molecule has 0 fully saturated rings. The number of hydrogen-bond acceptors (Lipinski definition) is 6. The summed E-state index contributed by atoms with van der Waals surface area (Å²) in [5.74, 6) is 0.423. The van der Waals surface area contributed by atoms with Crippen molar-refractivity contribution in [3.05, 3.63) is 81.5 Å². The number of hydrogen-bond donors (Lipinski definition) is 2. The molecule has 0 aliphatic heterocycles. The van der Waals surface area contributed by atoms with Crippen molar-refractivity contribution in [2.24, 2.45) is 5.10 Å². The molecule has 0 spiro atoms. The van der Waals surface area contributed by atoms with E-state index in [1.54, 1.807) is 43.3 Å². The van der Waals surface area contributed by atoms with Crippen molar-refractivity contribution in [3.8, 4) is 5.75 Å². The average molecular weight is 353 g/mol. The fourth-order valence-corrected chi connectivity index (χ4v) is 2.07. The molecule has 7 nitrogen and oxygen atoms in total. The van der Waals surface area contributed by atoms with Gasteiger partial charge in [-0.15, -0.1) is 10.2 Å². The molecule has 8 heteroatoms. The summed E-state index contributed by atoms with van der Waals surface area (Å²) < 4.78 is 19.2. The Kier molecular flexibility index (Phi) is 5.33. The largest absolute Gasteiger partial charge is 0.489 e. The van der Waals surface area contributed by atoms with Crippen LogP contribution in [0.25, 0.3) is 0 Å². The summed E-state index contributed by atoms with van der Waals surface area (Å²) in [7, 11) is 0. The smallest absolute Gasteiger partial charge is 0.274 e. The normalized spacial score (nSPS) is 10.8. The number of nitrogens with one attached hydrogen (secondary N) is 2. The van der Waals surface area contributed by atoms with Crippen molar-refractivity contribution < 1.29 is 9.13 Å². The van der Waals surface area contributed by atoms with Crippen molar-refractivity contribution in [3.63, 3.8) is 0 Å². The van der Waals surface area contributed by atoms with Crippen molar-refractivity contribution in [2.45, 2.75) is 13.5 Å². The van der Waals surface area contributed by atoms with Crippen LogP contribution in [0, 0.1) is 12.7 Å². The van der Waals surface area contributed by atoms with E-state index in [2.05, 4.69) is 25.7 Å². The molecule has 2 N–H and O–H groups in total. The second kappa shape index (κ2) is 8.02. The van der Waals surface area contributed by atoms with Crippen LogP contribution in [0.4, 0.5) is 10.3 Å². The van der Waals surface area contributed by atoms with Gasteiger partial charge < -0.3 is 4.74 Å². The fraction of sp³-hybridized carbons (Fsp3) is 0.111. The number of nitrogens with zero attached hydrogens (tertiary/aromatic N) is 3. The molecule has 0 saturated heterocycles. The van der Waals surface area contributed by atoms with Gasteiger partial charge in [-0.2, -0.15) is 5.10 Å². The molecule has 1 aromatic heterocycles. The minimum absolute atomic E-state index is 0.131. The number of ether oxygens (including phenoxy) is 1. The number of benzene rings is 2. The van der Waals surface area contributed by atoms with Crippen LogP contribution >= 0.6 is 0 Å². The fourth-order valence-electron chi connectivity index (χ4n) is 2.07. The SMILES string of the molecule is Cc1nnc(N/N=C/c2cccc(OCc3ccccc3F)c2)[nH]c1=O. The highest BCUT2D eigenvalue weighted by Crippen LogP contribution is 2.15. The Hall–Kier alpha value is -3.55. The third kappa shape index (κ3) is 4.50. The Balaban J connectivity index is 1.62. The van der Waals surface area contributed by atoms with Gasteiger partial charge in [0, 0.05) is 5.56 Å². The van der Waals surface area contributed by atoms with Crippen LogP contribution < -0.4 is 15.7 Å². The minimum atomic E-state index is -0.332. The second-order valence-corrected chi connectivity index (χ2v) is 5.41. The second-order valence-electron chi connectivity index (χ2n) is 5.41. The molecule has 0 amide bonds. The molecular formula is C18H16FN5O2. The van der Waals surface area contributed by atoms with Crippen LogP contribution in [0.1, 0.15) is 16.8 Å². The lowest BCUT2D eigenvalue weighted by Gasteiger charge is -2.07. The van der Waals surface area contributed by atoms with Crippen LogP contribution in [0.5, 0.6) is 5.75 Å². The average Bonchev–Trinajstić information content (AvgIpc) is 2.64. The molecule has 0 aliphatic carbocycles. The van der Waals surface area contributed by atoms with Crippen molar-refractivity contribution in [1.29, 1.82) is 0 Å². The van der Waals surface area contributed by atoms with E-state index in [-0.39, 0.29) is 29.6 Å². The first-order valence-corrected chi connectivity index (χ1v) is 7.81. The summed E-state index contributed by atoms with van der Waals surface area (Å²) in [4.78, 5) is 13.9. The molecule has 0 bridgehead atoms. The van der Waals surface area contributed by atoms with E-state index >= 15 is 0 Å². The predicted molar refractivity (Wildman–Crippen MR) is 95.8 cm³/mol. The molecule has 132 valence electrons. The van der Waals surface area contributed by atoms with Gasteiger partial charge in [0.1, 0.15) is 23.9 Å². The monoisotopic (exact) mass is 353 g/mol. The van der Waals surface area contributed by atoms with Gasteiger partial charge in [0.25, 0.3) is 5.56 Å². The van der Waals surface area contributed by atoms with Crippen molar-refractivity contribution in [1.82, 2.24) is 15.2 Å². The molecule has 0 atom stereocenters. The highest BCUT2D eigenvalue weighted by atomic mass is 19.1. The van der Waals surface area contributed by atoms with Crippen molar-refractivity contribution in [2.75, 3.05) is 5.43 Å². The predicted octanol–water partition coefficient (Wildman–Crippen LogP) is 2.64. The zero-order chi connectivity index (χ0) is 18.4. The maximum atomic E-state index is 13.6. The molecule has 0 aliphatic rings. The van der Waals surface area contributed by atoms with Gasteiger partial charge in [-0.1, -0.05) is 30.3 Å². The van der Waals surface area contributed by atoms with Crippen LogP contribution in [0.3, 0.4) is 0 Å². The Labute approximate surface area is 148 Å². The van der Waals surface area contributed by atoms with E-state index in [1.165, 1.54) is 12.3 Å². The first-order chi connectivity index (χ1) is 12.6. The third-order valence-electron chi connectivity index (χ3n) is 3.45. The van der Waals surface area contributed by atoms with Gasteiger partial charge in [0.05, 0.1) is 6.21 Å². The summed E-state index contributed by atoms with van der Waals surface area (Å²) in [6.45, 7) is 1.69. The first kappa shape index (κ1) is 17.3. The number of halogens is 1. The molecule has 3 rings (SSSR count). The van der Waals surface area contributed by atoms with E-state index in [1.807, 2.05) is 6.07 Å². The minimum Gasteiger partial charge on any atom is -0.489 e. The van der Waals surface area contributed by atoms with Gasteiger partial charge in [-0.3, -0.25) is 9.78 Å². The van der Waals surface area contributed by atoms with Crippen LogP contribution in [-0.2, 0) is 6.61 Å². The Morgan fingerprint density at radius 2 is 2.08 bits per heavy atom. The Morgan fingerprint density at radius 3 is 2.88 bits per heavy atom. The number of H-pyrrole nitrogens is 1. The molecule has 0 saturated carbocycles. The van der Waals surface area contributed by atoms with Gasteiger partial charge in [0.15, 0.2) is 0 Å². The summed E-state index contributed by atoms with van der Waals surface area (Å²) in [5, 5.41) is 11.5. The molecular weight excluding hydrogens is 337 g/mol. The summed E-state index contributed by atoms with van der Waals surface area (Å²) >= 11 is 0. The Bertz CT molecular complexity index is 987. The van der Waals surface area contributed by atoms with Crippen molar-refractivity contribution >= 4 is 12.2 Å². The number of aryl methyl sites for hydroxylation is 1. The maximum absolute atomic E-state index is 13.6. The quantitative estimate of drug-likeness (QED) is 0.525. The zero-order valence-electron chi connectivity index (χ0n) is 13.9. The standard InChI is InChI=1S/C18H16FN5O2/c1-12-17(25)21-18(24-22-12)23-20-10-13-5-4-7-15(9-13)26-11-14-6-2-3-8-16(14)19/h2-10H,11H2,1H3,(H2,21,23,24,25)/b20-10+. The lowest BCUT2D eigenvalue weighted by Crippen LogP contribution is -2.15. The first-order valence-electron chi connectivity index (χ1n) is 7.81. The lowest BCUT2D eigenvalue weighted by atomic mass is 10.2. The van der Waals surface area contributed by atoms with Gasteiger partial charge in [0.2, 0.25) is 5.95 Å². The number of aromatic amines is 1. The topological polar surface area (TPSA) is 92.3 Å². The van der Waals surface area contributed by atoms with E-state index in [4.69, 9.17) is 4.74 Å². The van der Waals surface area contributed by atoms with Crippen LogP contribution in [0.2, 0.25) is 0 Å². The van der Waals surface area contributed by atoms with E-state index in [9.17, 15) is 9.18 Å². The van der Waals surface area contributed by atoms with Crippen LogP contribution in [-0.4, -0.2) is 21.4 Å². The highest BCUT2D eigenvalue weighted by Gasteiger charge is 2.02. The summed E-state index contributed by atoms with van der Waals surface area (Å²) in [6, 6.07) is 13.6. The van der Waals surface area contributed by atoms with E-state index in [0.717, 1.165) is 5.56 Å². The molecule has 2 aromatic carbocycles. The third-order valence-corrected chi connectivity index (χ3v) is 3.45. The summed E-state index contributed by atoms with van der Waals surface area (Å²) in [5.41, 5.74) is 3.78. The molecule has 0 radical (unpaired) electrons. The number of hydrazone groups is 1. The Morgan fingerprint density at radius 1 is 1.23 bits per heavy atom. The van der Waals surface area contributed by atoms with Crippen LogP contribution in [0.15, 0.2) is 58.4 Å². The number of rotatable bonds is 6. The maximum Gasteiger partial charge on any atom is 0.274 e. The summed E-state index contributed by atoms with van der Waals surface area (Å²) in [6.07, 6.45) is 1.54. The van der Waals surface area contributed by atoms with E-state index < -0.39 is 0 Å². The molecule has 0 unspecified atom stereocenters. The lowest BCUT2D eigenvalue weighted by molar-refractivity contribution is 0.300. The molecule has 1 heterocycles. The molecule has 26 heavy (non-hydrogen) atoms. The van der Waals surface area contributed by atoms with Gasteiger partial charge in [-0.05, 0) is 30.7 Å². The highest BCUT2D eigenvalue weighted by molar-refractivity contribution is 5.80. The van der Waals surface area contributed by atoms with Gasteiger partial charge >= 0.3 is 0 Å². The van der Waals surface area contributed by atoms with E-state index in [0.29, 0.717) is 11.3 Å². The number of anilines is 1. The number of aromatic nitrogens is 3.